The van der Waals surface area contributed by atoms with Crippen molar-refractivity contribution in [2.75, 3.05) is 24.1 Å². The number of amides is 1. The molecule has 1 aliphatic heterocycles. The molecule has 0 radical (unpaired) electrons. The van der Waals surface area contributed by atoms with Crippen molar-refractivity contribution in [1.29, 1.82) is 0 Å². The van der Waals surface area contributed by atoms with Crippen molar-refractivity contribution in [1.82, 2.24) is 4.90 Å². The Morgan fingerprint density at radius 2 is 2.37 bits per heavy atom. The van der Waals surface area contributed by atoms with Crippen LogP contribution >= 0.6 is 0 Å². The molecule has 2 rings (SSSR count). The molecule has 0 aliphatic carbocycles. The highest BCUT2D eigenvalue weighted by molar-refractivity contribution is 5.92. The Bertz CT molecular complexity index is 464. The van der Waals surface area contributed by atoms with Gasteiger partial charge in [0.15, 0.2) is 0 Å². The summed E-state index contributed by atoms with van der Waals surface area (Å²) < 4.78 is 13.0. The fraction of sp³-hybridized carbons (Fsp3) is 0.500. The number of carbonyl (C=O) groups excluding carboxylic acids is 1. The second-order valence-corrected chi connectivity index (χ2v) is 4.96. The molecule has 1 fully saturated rings. The zero-order chi connectivity index (χ0) is 13.8. The molecule has 4 nitrogen and oxygen atoms in total. The summed E-state index contributed by atoms with van der Waals surface area (Å²) in [6.07, 6.45) is 3.37. The fourth-order valence-corrected chi connectivity index (χ4v) is 2.57. The summed E-state index contributed by atoms with van der Waals surface area (Å²) in [6, 6.07) is 4.72. The lowest BCUT2D eigenvalue weighted by molar-refractivity contribution is -0.117. The molecule has 0 aromatic heterocycles. The molecule has 1 saturated heterocycles. The van der Waals surface area contributed by atoms with Crippen molar-refractivity contribution in [3.63, 3.8) is 0 Å². The lowest BCUT2D eigenvalue weighted by atomic mass is 10.2. The summed E-state index contributed by atoms with van der Waals surface area (Å²) in [6.45, 7) is 3.49. The van der Waals surface area contributed by atoms with E-state index >= 15 is 0 Å². The molecule has 3 N–H and O–H groups in total. The van der Waals surface area contributed by atoms with Crippen LogP contribution in [0.25, 0.3) is 0 Å². The first-order valence-electron chi connectivity index (χ1n) is 6.69. The second-order valence-electron chi connectivity index (χ2n) is 4.96. The molecule has 1 aliphatic rings. The number of benzene rings is 1. The average Bonchev–Trinajstić information content (AvgIpc) is 2.81. The Morgan fingerprint density at radius 1 is 1.58 bits per heavy atom. The largest absolute Gasteiger partial charge is 0.396 e. The number of halogens is 1. The van der Waals surface area contributed by atoms with Crippen molar-refractivity contribution >= 4 is 17.3 Å². The van der Waals surface area contributed by atoms with E-state index in [4.69, 9.17) is 5.73 Å². The number of carbonyl (C=O) groups is 1. The van der Waals surface area contributed by atoms with Crippen LogP contribution in [0.4, 0.5) is 15.8 Å². The number of nitrogens with zero attached hydrogens (tertiary/aromatic N) is 1. The quantitative estimate of drug-likeness (QED) is 0.821. The molecule has 0 bridgehead atoms. The van der Waals surface area contributed by atoms with Gasteiger partial charge in [-0.15, -0.1) is 0 Å². The predicted molar refractivity (Wildman–Crippen MR) is 74.3 cm³/mol. The Morgan fingerprint density at radius 3 is 3.05 bits per heavy atom. The Balaban J connectivity index is 1.92. The van der Waals surface area contributed by atoms with Gasteiger partial charge in [0, 0.05) is 11.7 Å². The number of likely N-dealkylation sites (tertiary alicyclic amines) is 1. The van der Waals surface area contributed by atoms with Gasteiger partial charge in [0.2, 0.25) is 5.91 Å². The maximum Gasteiger partial charge on any atom is 0.238 e. The molecular weight excluding hydrogens is 245 g/mol. The van der Waals surface area contributed by atoms with Gasteiger partial charge < -0.3 is 11.1 Å². The zero-order valence-corrected chi connectivity index (χ0v) is 11.2. The van der Waals surface area contributed by atoms with E-state index in [9.17, 15) is 9.18 Å². The minimum Gasteiger partial charge on any atom is -0.396 e. The smallest absolute Gasteiger partial charge is 0.238 e. The topological polar surface area (TPSA) is 58.4 Å². The second kappa shape index (κ2) is 6.02. The van der Waals surface area contributed by atoms with Crippen molar-refractivity contribution in [2.24, 2.45) is 0 Å². The molecule has 1 amide bonds. The zero-order valence-electron chi connectivity index (χ0n) is 11.2. The van der Waals surface area contributed by atoms with Gasteiger partial charge >= 0.3 is 0 Å². The fourth-order valence-electron chi connectivity index (χ4n) is 2.57. The van der Waals surface area contributed by atoms with Gasteiger partial charge in [-0.05, 0) is 44.0 Å². The van der Waals surface area contributed by atoms with E-state index < -0.39 is 5.82 Å². The molecule has 19 heavy (non-hydrogen) atoms. The molecule has 5 heteroatoms. The molecule has 1 aromatic rings. The van der Waals surface area contributed by atoms with Crippen molar-refractivity contribution in [2.45, 2.75) is 32.2 Å². The Labute approximate surface area is 112 Å². The maximum absolute atomic E-state index is 13.0. The van der Waals surface area contributed by atoms with Crippen molar-refractivity contribution in [3.8, 4) is 0 Å². The SMILES string of the molecule is CCC1CCCN1CC(=O)Nc1ccc(F)c(N)c1. The standard InChI is InChI=1S/C14H20FN3O/c1-2-11-4-3-7-18(11)9-14(19)17-10-5-6-12(15)13(16)8-10/h5-6,8,11H,2-4,7,9,16H2,1H3,(H,17,19). The van der Waals surface area contributed by atoms with Gasteiger partial charge in [0.1, 0.15) is 5.82 Å². The van der Waals surface area contributed by atoms with Gasteiger partial charge in [0.05, 0.1) is 12.2 Å². The maximum atomic E-state index is 13.0. The van der Waals surface area contributed by atoms with Crippen LogP contribution in [0.1, 0.15) is 26.2 Å². The van der Waals surface area contributed by atoms with E-state index in [1.54, 1.807) is 0 Å². The van der Waals surface area contributed by atoms with Crippen LogP contribution in [0, 0.1) is 5.82 Å². The van der Waals surface area contributed by atoms with E-state index in [0.717, 1.165) is 25.8 Å². The molecule has 1 unspecified atom stereocenters. The molecular formula is C14H20FN3O. The number of nitrogens with one attached hydrogen (secondary N) is 1. The summed E-state index contributed by atoms with van der Waals surface area (Å²) in [4.78, 5) is 14.1. The van der Waals surface area contributed by atoms with Crippen molar-refractivity contribution < 1.29 is 9.18 Å². The Hall–Kier alpha value is -1.62. The van der Waals surface area contributed by atoms with Gasteiger partial charge in [0.25, 0.3) is 0 Å². The van der Waals surface area contributed by atoms with Crippen LogP contribution in [0.2, 0.25) is 0 Å². The summed E-state index contributed by atoms with van der Waals surface area (Å²) in [5.41, 5.74) is 6.05. The number of hydrogen-bond acceptors (Lipinski definition) is 3. The third kappa shape index (κ3) is 3.44. The molecule has 1 aromatic carbocycles. The summed E-state index contributed by atoms with van der Waals surface area (Å²) in [5.74, 6) is -0.546. The lowest BCUT2D eigenvalue weighted by Crippen LogP contribution is -2.36. The number of rotatable bonds is 4. The van der Waals surface area contributed by atoms with E-state index in [2.05, 4.69) is 17.1 Å². The van der Waals surface area contributed by atoms with E-state index in [-0.39, 0.29) is 11.6 Å². The highest BCUT2D eigenvalue weighted by Gasteiger charge is 2.24. The van der Waals surface area contributed by atoms with Crippen molar-refractivity contribution in [3.05, 3.63) is 24.0 Å². The summed E-state index contributed by atoms with van der Waals surface area (Å²) in [7, 11) is 0. The van der Waals surface area contributed by atoms with Crippen LogP contribution in [-0.4, -0.2) is 29.9 Å². The minimum absolute atomic E-state index is 0.0467. The average molecular weight is 265 g/mol. The van der Waals surface area contributed by atoms with Gasteiger partial charge in [-0.3, -0.25) is 9.69 Å². The minimum atomic E-state index is -0.469. The van der Waals surface area contributed by atoms with Gasteiger partial charge in [-0.25, -0.2) is 4.39 Å². The first-order valence-corrected chi connectivity index (χ1v) is 6.69. The van der Waals surface area contributed by atoms with Gasteiger partial charge in [-0.1, -0.05) is 6.92 Å². The van der Waals surface area contributed by atoms with Gasteiger partial charge in [-0.2, -0.15) is 0 Å². The molecule has 0 saturated carbocycles. The number of nitrogen functional groups attached to an aromatic ring is 1. The van der Waals surface area contributed by atoms with E-state index in [1.807, 2.05) is 0 Å². The van der Waals surface area contributed by atoms with Crippen LogP contribution < -0.4 is 11.1 Å². The van der Waals surface area contributed by atoms with Crippen LogP contribution in [-0.2, 0) is 4.79 Å². The van der Waals surface area contributed by atoms with E-state index in [1.165, 1.54) is 18.2 Å². The number of anilines is 2. The molecule has 104 valence electrons. The predicted octanol–water partition coefficient (Wildman–Crippen LogP) is 2.22. The first-order chi connectivity index (χ1) is 9.10. The summed E-state index contributed by atoms with van der Waals surface area (Å²) >= 11 is 0. The third-order valence-corrected chi connectivity index (χ3v) is 3.60. The lowest BCUT2D eigenvalue weighted by Gasteiger charge is -2.22. The highest BCUT2D eigenvalue weighted by Crippen LogP contribution is 2.20. The molecule has 1 heterocycles. The first kappa shape index (κ1) is 13.8. The summed E-state index contributed by atoms with van der Waals surface area (Å²) in [5, 5.41) is 2.75. The normalized spacial score (nSPS) is 19.6. The Kier molecular flexibility index (Phi) is 4.37. The highest BCUT2D eigenvalue weighted by atomic mass is 19.1. The molecule has 0 spiro atoms. The van der Waals surface area contributed by atoms with Crippen LogP contribution in [0.3, 0.4) is 0 Å². The third-order valence-electron chi connectivity index (χ3n) is 3.60. The monoisotopic (exact) mass is 265 g/mol. The van der Waals surface area contributed by atoms with Crippen LogP contribution in [0.15, 0.2) is 18.2 Å². The number of nitrogens with two attached hydrogens (primary N) is 1. The number of hydrogen-bond donors (Lipinski definition) is 2. The van der Waals surface area contributed by atoms with Crippen LogP contribution in [0.5, 0.6) is 0 Å². The van der Waals surface area contributed by atoms with E-state index in [0.29, 0.717) is 18.3 Å². The molecule has 1 atom stereocenters.